The third-order valence-electron chi connectivity index (χ3n) is 4.51. The van der Waals surface area contributed by atoms with E-state index in [1.165, 1.54) is 16.7 Å². The van der Waals surface area contributed by atoms with Gasteiger partial charge in [0, 0.05) is 11.5 Å². The van der Waals surface area contributed by atoms with Gasteiger partial charge in [-0.05, 0) is 54.7 Å². The lowest BCUT2D eigenvalue weighted by atomic mass is 10.1. The largest absolute Gasteiger partial charge is 0.383 e. The highest BCUT2D eigenvalue weighted by atomic mass is 79.9. The minimum absolute atomic E-state index is 0.0902. The van der Waals surface area contributed by atoms with Crippen molar-refractivity contribution in [2.75, 3.05) is 18.1 Å². The van der Waals surface area contributed by atoms with Gasteiger partial charge in [-0.3, -0.25) is 9.59 Å². The maximum absolute atomic E-state index is 12.5. The predicted octanol–water partition coefficient (Wildman–Crippen LogP) is 2.82. The third-order valence-corrected chi connectivity index (χ3v) is 5.00. The minimum Gasteiger partial charge on any atom is -0.383 e. The van der Waals surface area contributed by atoms with E-state index in [2.05, 4.69) is 32.3 Å². The number of nitrogen functional groups attached to an aromatic ring is 1. The third kappa shape index (κ3) is 3.51. The van der Waals surface area contributed by atoms with Gasteiger partial charge in [-0.2, -0.15) is 0 Å². The summed E-state index contributed by atoms with van der Waals surface area (Å²) < 4.78 is 1.02. The van der Waals surface area contributed by atoms with E-state index < -0.39 is 11.8 Å². The molecule has 0 aliphatic heterocycles. The molecule has 6 nitrogen and oxygen atoms in total. The van der Waals surface area contributed by atoms with E-state index in [4.69, 9.17) is 5.73 Å². The average Bonchev–Trinajstić information content (AvgIpc) is 2.99. The minimum atomic E-state index is -0.681. The number of fused-ring (bicyclic) bond motifs is 1. The fourth-order valence-electron chi connectivity index (χ4n) is 3.11. The Morgan fingerprint density at radius 1 is 1.36 bits per heavy atom. The molecule has 2 amide bonds. The summed E-state index contributed by atoms with van der Waals surface area (Å²) in [6, 6.07) is 7.63. The number of aryl methyl sites for hydroxylation is 2. The van der Waals surface area contributed by atoms with Crippen molar-refractivity contribution in [3.63, 3.8) is 0 Å². The summed E-state index contributed by atoms with van der Waals surface area (Å²) in [7, 11) is 1.66. The van der Waals surface area contributed by atoms with Crippen LogP contribution < -0.4 is 11.1 Å². The molecule has 1 aromatic carbocycles. The smallest absolute Gasteiger partial charge is 0.313 e. The number of hydrogen-bond donors (Lipinski definition) is 2. The van der Waals surface area contributed by atoms with E-state index in [0.717, 1.165) is 28.4 Å². The Morgan fingerprint density at radius 2 is 2.12 bits per heavy atom. The van der Waals surface area contributed by atoms with E-state index >= 15 is 0 Å². The van der Waals surface area contributed by atoms with Gasteiger partial charge in [-0.25, -0.2) is 4.98 Å². The molecule has 1 heterocycles. The first-order valence-electron chi connectivity index (χ1n) is 7.95. The molecule has 0 saturated carbocycles. The second-order valence-corrected chi connectivity index (χ2v) is 7.11. The number of nitrogens with one attached hydrogen (secondary N) is 1. The van der Waals surface area contributed by atoms with E-state index in [1.54, 1.807) is 20.0 Å². The Balaban J connectivity index is 1.72. The molecule has 1 aliphatic rings. The SMILES string of the molecule is Cc1cc(NC(=O)C(=O)N(C)C2CCc3cc(Br)ccc32)cnc1N. The number of aromatic nitrogens is 1. The van der Waals surface area contributed by atoms with Crippen LogP contribution in [-0.2, 0) is 16.0 Å². The maximum Gasteiger partial charge on any atom is 0.313 e. The van der Waals surface area contributed by atoms with Crippen molar-refractivity contribution in [3.05, 3.63) is 51.6 Å². The van der Waals surface area contributed by atoms with Gasteiger partial charge in [-0.1, -0.05) is 22.0 Å². The summed E-state index contributed by atoms with van der Waals surface area (Å²) in [6.45, 7) is 1.79. The van der Waals surface area contributed by atoms with Gasteiger partial charge in [0.25, 0.3) is 0 Å². The molecule has 1 aromatic heterocycles. The topological polar surface area (TPSA) is 88.3 Å². The Kier molecular flexibility index (Phi) is 4.76. The first kappa shape index (κ1) is 17.4. The first-order valence-corrected chi connectivity index (χ1v) is 8.74. The lowest BCUT2D eigenvalue weighted by Crippen LogP contribution is -2.38. The maximum atomic E-state index is 12.5. The standard InChI is InChI=1S/C18H19BrN4O2/c1-10-7-13(9-21-16(10)20)22-17(24)18(25)23(2)15-6-3-11-8-12(19)4-5-14(11)15/h4-5,7-9,15H,3,6H2,1-2H3,(H2,20,21)(H,22,24). The number of halogens is 1. The van der Waals surface area contributed by atoms with Crippen molar-refractivity contribution >= 4 is 39.2 Å². The highest BCUT2D eigenvalue weighted by Crippen LogP contribution is 2.36. The van der Waals surface area contributed by atoms with Crippen LogP contribution in [0.1, 0.15) is 29.2 Å². The number of anilines is 2. The van der Waals surface area contributed by atoms with Gasteiger partial charge in [0.15, 0.2) is 0 Å². The molecule has 0 spiro atoms. The number of pyridine rings is 1. The molecule has 0 bridgehead atoms. The lowest BCUT2D eigenvalue weighted by Gasteiger charge is -2.25. The van der Waals surface area contributed by atoms with Gasteiger partial charge in [0.05, 0.1) is 17.9 Å². The molecule has 3 rings (SSSR count). The Hall–Kier alpha value is -2.41. The zero-order valence-corrected chi connectivity index (χ0v) is 15.6. The lowest BCUT2D eigenvalue weighted by molar-refractivity contribution is -0.143. The number of likely N-dealkylation sites (N-methyl/N-ethyl adjacent to an activating group) is 1. The molecule has 1 unspecified atom stereocenters. The van der Waals surface area contributed by atoms with Crippen LogP contribution in [0.5, 0.6) is 0 Å². The molecule has 0 saturated heterocycles. The number of amides is 2. The highest BCUT2D eigenvalue weighted by molar-refractivity contribution is 9.10. The van der Waals surface area contributed by atoms with Gasteiger partial charge in [0.2, 0.25) is 0 Å². The van der Waals surface area contributed by atoms with E-state index in [9.17, 15) is 9.59 Å². The van der Waals surface area contributed by atoms with Crippen molar-refractivity contribution < 1.29 is 9.59 Å². The van der Waals surface area contributed by atoms with E-state index in [1.807, 2.05) is 12.1 Å². The molecule has 0 radical (unpaired) electrons. The van der Waals surface area contributed by atoms with Gasteiger partial charge < -0.3 is 16.0 Å². The summed E-state index contributed by atoms with van der Waals surface area (Å²) >= 11 is 3.46. The van der Waals surface area contributed by atoms with Crippen LogP contribution in [0.25, 0.3) is 0 Å². The van der Waals surface area contributed by atoms with Crippen LogP contribution in [0, 0.1) is 6.92 Å². The first-order chi connectivity index (χ1) is 11.9. The van der Waals surface area contributed by atoms with Gasteiger partial charge in [-0.15, -0.1) is 0 Å². The van der Waals surface area contributed by atoms with Gasteiger partial charge >= 0.3 is 11.8 Å². The highest BCUT2D eigenvalue weighted by Gasteiger charge is 2.31. The van der Waals surface area contributed by atoms with Crippen LogP contribution in [0.4, 0.5) is 11.5 Å². The summed E-state index contributed by atoms with van der Waals surface area (Å²) in [4.78, 5) is 30.3. The molecule has 1 aliphatic carbocycles. The molecule has 25 heavy (non-hydrogen) atoms. The van der Waals surface area contributed by atoms with Crippen LogP contribution in [0.3, 0.4) is 0 Å². The molecule has 3 N–H and O–H groups in total. The van der Waals surface area contributed by atoms with E-state index in [-0.39, 0.29) is 6.04 Å². The number of rotatable bonds is 2. The zero-order valence-electron chi connectivity index (χ0n) is 14.0. The van der Waals surface area contributed by atoms with Crippen LogP contribution >= 0.6 is 15.9 Å². The summed E-state index contributed by atoms with van der Waals surface area (Å²) in [6.07, 6.45) is 3.14. The predicted molar refractivity (Wildman–Crippen MR) is 100.0 cm³/mol. The van der Waals surface area contributed by atoms with E-state index in [0.29, 0.717) is 11.5 Å². The summed E-state index contributed by atoms with van der Waals surface area (Å²) in [5.41, 5.74) is 9.16. The van der Waals surface area contributed by atoms with Crippen LogP contribution in [0.2, 0.25) is 0 Å². The number of carbonyl (C=O) groups excluding carboxylic acids is 2. The molecule has 1 atom stereocenters. The molecular weight excluding hydrogens is 384 g/mol. The monoisotopic (exact) mass is 402 g/mol. The normalized spacial score (nSPS) is 15.6. The number of nitrogens with zero attached hydrogens (tertiary/aromatic N) is 2. The van der Waals surface area contributed by atoms with Crippen LogP contribution in [-0.4, -0.2) is 28.7 Å². The average molecular weight is 403 g/mol. The summed E-state index contributed by atoms with van der Waals surface area (Å²) in [5, 5.41) is 2.59. The number of hydrogen-bond acceptors (Lipinski definition) is 4. The van der Waals surface area contributed by atoms with Crippen LogP contribution in [0.15, 0.2) is 34.9 Å². The molecule has 0 fully saturated rings. The number of carbonyl (C=O) groups is 2. The second kappa shape index (κ2) is 6.84. The molecular formula is C18H19BrN4O2. The van der Waals surface area contributed by atoms with Crippen molar-refractivity contribution in [2.24, 2.45) is 0 Å². The Labute approximate surface area is 154 Å². The quantitative estimate of drug-likeness (QED) is 0.755. The molecule has 2 aromatic rings. The Bertz CT molecular complexity index is 853. The fourth-order valence-corrected chi connectivity index (χ4v) is 3.51. The zero-order chi connectivity index (χ0) is 18.1. The Morgan fingerprint density at radius 3 is 2.84 bits per heavy atom. The van der Waals surface area contributed by atoms with Crippen molar-refractivity contribution in [3.8, 4) is 0 Å². The van der Waals surface area contributed by atoms with Crippen molar-refractivity contribution in [1.29, 1.82) is 0 Å². The van der Waals surface area contributed by atoms with Gasteiger partial charge in [0.1, 0.15) is 5.82 Å². The molecule has 130 valence electrons. The number of benzene rings is 1. The van der Waals surface area contributed by atoms with Crippen molar-refractivity contribution in [2.45, 2.75) is 25.8 Å². The second-order valence-electron chi connectivity index (χ2n) is 6.19. The molecule has 7 heteroatoms. The number of nitrogens with two attached hydrogens (primary N) is 1. The fraction of sp³-hybridized carbons (Fsp3) is 0.278. The van der Waals surface area contributed by atoms with Crippen molar-refractivity contribution in [1.82, 2.24) is 9.88 Å². The summed E-state index contributed by atoms with van der Waals surface area (Å²) in [5.74, 6) is -0.857.